The first kappa shape index (κ1) is 21.4. The zero-order chi connectivity index (χ0) is 21.3. The predicted octanol–water partition coefficient (Wildman–Crippen LogP) is 3.97. The zero-order valence-electron chi connectivity index (χ0n) is 17.6. The van der Waals surface area contributed by atoms with E-state index in [2.05, 4.69) is 20.0 Å². The van der Waals surface area contributed by atoms with Gasteiger partial charge in [0.2, 0.25) is 0 Å². The minimum atomic E-state index is -3.14. The monoisotopic (exact) mass is 448 g/mol. The summed E-state index contributed by atoms with van der Waals surface area (Å²) in [4.78, 5) is 5.09. The largest absolute Gasteiger partial charge is 0.372 e. The van der Waals surface area contributed by atoms with Crippen molar-refractivity contribution >= 4 is 32.9 Å². The van der Waals surface area contributed by atoms with Crippen molar-refractivity contribution in [1.29, 1.82) is 0 Å². The van der Waals surface area contributed by atoms with Crippen molar-refractivity contribution in [3.05, 3.63) is 41.0 Å². The van der Waals surface area contributed by atoms with Crippen LogP contribution in [0.2, 0.25) is 5.15 Å². The number of sulfone groups is 1. The van der Waals surface area contributed by atoms with Gasteiger partial charge in [-0.15, -0.1) is 10.2 Å². The van der Waals surface area contributed by atoms with E-state index in [9.17, 15) is 8.42 Å². The molecule has 1 aromatic heterocycles. The lowest BCUT2D eigenvalue weighted by atomic mass is 9.78. The fraction of sp³-hybridized carbons (Fsp3) is 0.545. The van der Waals surface area contributed by atoms with E-state index in [1.54, 1.807) is 12.1 Å². The van der Waals surface area contributed by atoms with Crippen LogP contribution in [0, 0.1) is 18.8 Å². The molecule has 0 radical (unpaired) electrons. The molecule has 2 aliphatic rings. The zero-order valence-corrected chi connectivity index (χ0v) is 19.2. The maximum Gasteiger partial charge on any atom is 0.175 e. The molecule has 0 spiro atoms. The van der Waals surface area contributed by atoms with Crippen molar-refractivity contribution in [3.8, 4) is 0 Å². The molecule has 2 saturated heterocycles. The summed E-state index contributed by atoms with van der Waals surface area (Å²) in [6.45, 7) is 6.08. The summed E-state index contributed by atoms with van der Waals surface area (Å²) in [7, 11) is -3.14. The summed E-state index contributed by atoms with van der Waals surface area (Å²) in [5.74, 6) is 2.46. The molecule has 0 N–H and O–H groups in total. The van der Waals surface area contributed by atoms with Crippen molar-refractivity contribution < 1.29 is 8.42 Å². The molecule has 0 aliphatic carbocycles. The molecule has 1 aromatic carbocycles. The number of aromatic nitrogens is 2. The van der Waals surface area contributed by atoms with Crippen LogP contribution in [0.1, 0.15) is 31.2 Å². The summed E-state index contributed by atoms with van der Waals surface area (Å²) in [5.41, 5.74) is 2.09. The average Bonchev–Trinajstić information content (AvgIpc) is 2.75. The molecular formula is C22H29ClN4O2S. The van der Waals surface area contributed by atoms with E-state index in [-0.39, 0.29) is 0 Å². The molecule has 0 saturated carbocycles. The van der Waals surface area contributed by atoms with Crippen LogP contribution in [-0.2, 0) is 9.84 Å². The Morgan fingerprint density at radius 3 is 1.93 bits per heavy atom. The van der Waals surface area contributed by atoms with E-state index >= 15 is 0 Å². The van der Waals surface area contributed by atoms with Gasteiger partial charge in [-0.2, -0.15) is 0 Å². The quantitative estimate of drug-likeness (QED) is 0.704. The van der Waals surface area contributed by atoms with E-state index in [1.807, 2.05) is 25.1 Å². The lowest BCUT2D eigenvalue weighted by Gasteiger charge is -2.41. The third-order valence-electron chi connectivity index (χ3n) is 6.61. The third kappa shape index (κ3) is 4.72. The Labute approximate surface area is 184 Å². The number of hydrogen-bond acceptors (Lipinski definition) is 6. The third-order valence-corrected chi connectivity index (χ3v) is 8.11. The molecule has 30 heavy (non-hydrogen) atoms. The highest BCUT2D eigenvalue weighted by molar-refractivity contribution is 7.90. The van der Waals surface area contributed by atoms with Crippen molar-refractivity contribution in [2.24, 2.45) is 11.8 Å². The molecule has 2 aromatic rings. The Bertz CT molecular complexity index is 981. The molecule has 4 rings (SSSR count). The first-order valence-electron chi connectivity index (χ1n) is 10.6. The molecule has 0 unspecified atom stereocenters. The second-order valence-corrected chi connectivity index (χ2v) is 11.0. The van der Waals surface area contributed by atoms with Crippen LogP contribution in [0.25, 0.3) is 0 Å². The molecule has 8 heteroatoms. The summed E-state index contributed by atoms with van der Waals surface area (Å²) in [6.07, 6.45) is 6.02. The number of aryl methyl sites for hydroxylation is 1. The van der Waals surface area contributed by atoms with Gasteiger partial charge in [-0.05, 0) is 80.3 Å². The van der Waals surface area contributed by atoms with Crippen LogP contribution < -0.4 is 9.80 Å². The van der Waals surface area contributed by atoms with Gasteiger partial charge < -0.3 is 9.80 Å². The summed E-state index contributed by atoms with van der Waals surface area (Å²) in [6, 6.07) is 9.33. The molecule has 0 atom stereocenters. The second kappa shape index (κ2) is 8.71. The lowest BCUT2D eigenvalue weighted by Crippen LogP contribution is -2.41. The van der Waals surface area contributed by atoms with Crippen molar-refractivity contribution in [2.45, 2.75) is 37.5 Å². The Balaban J connectivity index is 1.29. The molecule has 0 bridgehead atoms. The first-order valence-corrected chi connectivity index (χ1v) is 12.9. The number of halogens is 1. The SMILES string of the molecule is Cc1cc(N2CCC(C3CCN(c4ccc(S(C)(=O)=O)cc4)CC3)CC2)nnc1Cl. The Morgan fingerprint density at radius 2 is 1.43 bits per heavy atom. The first-order chi connectivity index (χ1) is 14.3. The maximum absolute atomic E-state index is 11.7. The number of piperidine rings is 2. The van der Waals surface area contributed by atoms with E-state index in [0.717, 1.165) is 55.1 Å². The normalized spacial score (nSPS) is 19.3. The van der Waals surface area contributed by atoms with E-state index in [1.165, 1.54) is 31.9 Å². The van der Waals surface area contributed by atoms with Gasteiger partial charge >= 0.3 is 0 Å². The highest BCUT2D eigenvalue weighted by Crippen LogP contribution is 2.35. The second-order valence-electron chi connectivity index (χ2n) is 8.59. The van der Waals surface area contributed by atoms with Gasteiger partial charge in [-0.3, -0.25) is 0 Å². The Kier molecular flexibility index (Phi) is 6.21. The molecule has 2 fully saturated rings. The topological polar surface area (TPSA) is 66.4 Å². The summed E-state index contributed by atoms with van der Waals surface area (Å²) >= 11 is 6.01. The van der Waals surface area contributed by atoms with Crippen LogP contribution in [0.4, 0.5) is 11.5 Å². The molecular weight excluding hydrogens is 420 g/mol. The van der Waals surface area contributed by atoms with Gasteiger partial charge in [0.1, 0.15) is 0 Å². The minimum absolute atomic E-state index is 0.383. The summed E-state index contributed by atoms with van der Waals surface area (Å²) in [5, 5.41) is 8.80. The number of hydrogen-bond donors (Lipinski definition) is 0. The number of anilines is 2. The highest BCUT2D eigenvalue weighted by atomic mass is 35.5. The molecule has 2 aliphatic heterocycles. The van der Waals surface area contributed by atoms with E-state index in [4.69, 9.17) is 11.6 Å². The van der Waals surface area contributed by atoms with Gasteiger partial charge in [0.05, 0.1) is 4.90 Å². The number of benzene rings is 1. The number of nitrogens with zero attached hydrogens (tertiary/aromatic N) is 4. The van der Waals surface area contributed by atoms with Crippen molar-refractivity contribution in [1.82, 2.24) is 10.2 Å². The van der Waals surface area contributed by atoms with Gasteiger partial charge in [-0.1, -0.05) is 11.6 Å². The van der Waals surface area contributed by atoms with Gasteiger partial charge in [0, 0.05) is 38.1 Å². The average molecular weight is 449 g/mol. The number of rotatable bonds is 4. The maximum atomic E-state index is 11.7. The van der Waals surface area contributed by atoms with Crippen molar-refractivity contribution in [2.75, 3.05) is 42.2 Å². The smallest absolute Gasteiger partial charge is 0.175 e. The molecule has 3 heterocycles. The van der Waals surface area contributed by atoms with Gasteiger partial charge in [-0.25, -0.2) is 8.42 Å². The van der Waals surface area contributed by atoms with Crippen LogP contribution in [0.15, 0.2) is 35.2 Å². The molecule has 0 amide bonds. The Hall–Kier alpha value is -1.86. The van der Waals surface area contributed by atoms with Crippen LogP contribution in [0.5, 0.6) is 0 Å². The van der Waals surface area contributed by atoms with Gasteiger partial charge in [0.15, 0.2) is 20.8 Å². The van der Waals surface area contributed by atoms with Crippen LogP contribution in [0.3, 0.4) is 0 Å². The fourth-order valence-electron chi connectivity index (χ4n) is 4.74. The Morgan fingerprint density at radius 1 is 0.900 bits per heavy atom. The predicted molar refractivity (Wildman–Crippen MR) is 121 cm³/mol. The summed E-state index contributed by atoms with van der Waals surface area (Å²) < 4.78 is 23.3. The lowest BCUT2D eigenvalue weighted by molar-refractivity contribution is 0.232. The van der Waals surface area contributed by atoms with Crippen molar-refractivity contribution in [3.63, 3.8) is 0 Å². The highest BCUT2D eigenvalue weighted by Gasteiger charge is 2.30. The van der Waals surface area contributed by atoms with Crippen LogP contribution in [-0.4, -0.2) is 51.0 Å². The van der Waals surface area contributed by atoms with Gasteiger partial charge in [0.25, 0.3) is 0 Å². The fourth-order valence-corrected chi connectivity index (χ4v) is 5.47. The van der Waals surface area contributed by atoms with E-state index < -0.39 is 9.84 Å². The minimum Gasteiger partial charge on any atom is -0.372 e. The van der Waals surface area contributed by atoms with E-state index in [0.29, 0.717) is 10.0 Å². The molecule has 162 valence electrons. The standard InChI is InChI=1S/C22H29ClN4O2S/c1-16-15-21(24-25-22(16)23)27-13-9-18(10-14-27)17-7-11-26(12-8-17)19-3-5-20(6-4-19)30(2,28)29/h3-6,15,17-18H,7-14H2,1-2H3. The van der Waals surface area contributed by atoms with Crippen LogP contribution >= 0.6 is 11.6 Å². The molecule has 6 nitrogen and oxygen atoms in total.